The van der Waals surface area contributed by atoms with E-state index in [-0.39, 0.29) is 32.4 Å². The molecule has 8 heteroatoms. The lowest BCUT2D eigenvalue weighted by Crippen LogP contribution is -2.14. The van der Waals surface area contributed by atoms with Crippen LogP contribution in [0.25, 0.3) is 0 Å². The first-order valence-electron chi connectivity index (χ1n) is 10.8. The summed E-state index contributed by atoms with van der Waals surface area (Å²) in [5, 5.41) is 0. The van der Waals surface area contributed by atoms with Gasteiger partial charge in [0.2, 0.25) is 0 Å². The molecule has 0 amide bonds. The highest BCUT2D eigenvalue weighted by Crippen LogP contribution is 2.03. The van der Waals surface area contributed by atoms with E-state index in [1.165, 1.54) is 6.92 Å². The van der Waals surface area contributed by atoms with Crippen molar-refractivity contribution in [3.63, 3.8) is 0 Å². The Kier molecular flexibility index (Phi) is 11.8. The lowest BCUT2D eigenvalue weighted by Gasteiger charge is -2.06. The average molecular weight is 478 g/mol. The molecule has 0 fully saturated rings. The second-order valence-electron chi connectivity index (χ2n) is 6.85. The van der Waals surface area contributed by atoms with Crippen molar-refractivity contribution in [2.75, 3.05) is 26.4 Å². The Morgan fingerprint density at radius 1 is 0.457 bits per heavy atom. The maximum Gasteiger partial charge on any atom is 0.338 e. The Balaban J connectivity index is 0.000000258. The summed E-state index contributed by atoms with van der Waals surface area (Å²) in [5.41, 5.74) is 1.43. The molecular formula is C27H26O8. The van der Waals surface area contributed by atoms with E-state index in [0.717, 1.165) is 0 Å². The summed E-state index contributed by atoms with van der Waals surface area (Å²) in [6.45, 7) is 1.54. The minimum atomic E-state index is -0.429. The number of hydrogen-bond donors (Lipinski definition) is 0. The van der Waals surface area contributed by atoms with E-state index < -0.39 is 17.9 Å². The molecular weight excluding hydrogens is 452 g/mol. The average Bonchev–Trinajstić information content (AvgIpc) is 2.90. The number of carbonyl (C=O) groups is 4. The normalized spacial score (nSPS) is 9.63. The van der Waals surface area contributed by atoms with Crippen LogP contribution >= 0.6 is 0 Å². The topological polar surface area (TPSA) is 105 Å². The lowest BCUT2D eigenvalue weighted by atomic mass is 10.2. The Bertz CT molecular complexity index is 1010. The summed E-state index contributed by atoms with van der Waals surface area (Å²) in [6, 6.07) is 26.0. The molecule has 0 aliphatic heterocycles. The molecule has 8 nitrogen and oxygen atoms in total. The first-order chi connectivity index (χ1) is 17.0. The summed E-state index contributed by atoms with van der Waals surface area (Å²) in [5.74, 6) is -1.66. The fourth-order valence-corrected chi connectivity index (χ4v) is 2.56. The van der Waals surface area contributed by atoms with Gasteiger partial charge >= 0.3 is 23.9 Å². The number of rotatable bonds is 9. The molecule has 0 bridgehead atoms. The van der Waals surface area contributed by atoms with Gasteiger partial charge in [0.15, 0.2) is 0 Å². The maximum atomic E-state index is 11.6. The third kappa shape index (κ3) is 10.8. The zero-order valence-corrected chi connectivity index (χ0v) is 19.3. The molecule has 0 aliphatic rings. The van der Waals surface area contributed by atoms with Crippen LogP contribution in [0.2, 0.25) is 0 Å². The molecule has 0 aliphatic carbocycles. The van der Waals surface area contributed by atoms with Gasteiger partial charge in [0.1, 0.15) is 26.4 Å². The first-order valence-corrected chi connectivity index (χ1v) is 10.8. The van der Waals surface area contributed by atoms with Gasteiger partial charge < -0.3 is 18.9 Å². The van der Waals surface area contributed by atoms with Crippen molar-refractivity contribution in [2.45, 2.75) is 6.92 Å². The van der Waals surface area contributed by atoms with Crippen molar-refractivity contribution in [1.29, 1.82) is 0 Å². The molecule has 35 heavy (non-hydrogen) atoms. The second-order valence-corrected chi connectivity index (χ2v) is 6.85. The summed E-state index contributed by atoms with van der Waals surface area (Å²) < 4.78 is 19.5. The molecule has 0 unspecified atom stereocenters. The van der Waals surface area contributed by atoms with Crippen LogP contribution in [0.5, 0.6) is 0 Å². The van der Waals surface area contributed by atoms with Crippen LogP contribution in [-0.4, -0.2) is 50.3 Å². The molecule has 0 atom stereocenters. The first kappa shape index (κ1) is 26.8. The molecule has 182 valence electrons. The van der Waals surface area contributed by atoms with Crippen molar-refractivity contribution in [3.05, 3.63) is 108 Å². The Hall–Kier alpha value is -4.46. The molecule has 3 aromatic carbocycles. The quantitative estimate of drug-likeness (QED) is 0.257. The van der Waals surface area contributed by atoms with E-state index in [2.05, 4.69) is 4.74 Å². The van der Waals surface area contributed by atoms with Gasteiger partial charge in [-0.15, -0.1) is 0 Å². The van der Waals surface area contributed by atoms with E-state index in [4.69, 9.17) is 14.2 Å². The molecule has 0 heterocycles. The van der Waals surface area contributed by atoms with Crippen molar-refractivity contribution in [1.82, 2.24) is 0 Å². The summed E-state index contributed by atoms with van der Waals surface area (Å²) in [4.78, 5) is 44.9. The molecule has 0 aromatic heterocycles. The lowest BCUT2D eigenvalue weighted by molar-refractivity contribution is -0.142. The highest BCUT2D eigenvalue weighted by Gasteiger charge is 2.08. The van der Waals surface area contributed by atoms with Crippen LogP contribution in [0, 0.1) is 0 Å². The predicted octanol–water partition coefficient (Wildman–Crippen LogP) is 4.11. The van der Waals surface area contributed by atoms with Gasteiger partial charge in [-0.25, -0.2) is 14.4 Å². The van der Waals surface area contributed by atoms with Crippen LogP contribution in [0.4, 0.5) is 0 Å². The van der Waals surface area contributed by atoms with Gasteiger partial charge in [-0.1, -0.05) is 54.6 Å². The van der Waals surface area contributed by atoms with Crippen molar-refractivity contribution in [3.8, 4) is 0 Å². The molecule has 0 spiro atoms. The minimum Gasteiger partial charge on any atom is -0.462 e. The van der Waals surface area contributed by atoms with Crippen LogP contribution in [0.1, 0.15) is 38.0 Å². The van der Waals surface area contributed by atoms with E-state index in [1.54, 1.807) is 72.8 Å². The fourth-order valence-electron chi connectivity index (χ4n) is 2.56. The van der Waals surface area contributed by atoms with Crippen LogP contribution in [0.15, 0.2) is 91.0 Å². The van der Waals surface area contributed by atoms with Crippen molar-refractivity contribution >= 4 is 23.9 Å². The monoisotopic (exact) mass is 478 g/mol. The number of carbonyl (C=O) groups excluding carboxylic acids is 4. The highest BCUT2D eigenvalue weighted by atomic mass is 16.6. The van der Waals surface area contributed by atoms with Crippen LogP contribution in [-0.2, 0) is 23.7 Å². The Morgan fingerprint density at radius 2 is 0.714 bits per heavy atom. The third-order valence-corrected chi connectivity index (χ3v) is 4.20. The van der Waals surface area contributed by atoms with E-state index in [9.17, 15) is 19.2 Å². The zero-order chi connectivity index (χ0) is 25.3. The van der Waals surface area contributed by atoms with E-state index in [1.807, 2.05) is 18.2 Å². The van der Waals surface area contributed by atoms with Crippen LogP contribution < -0.4 is 0 Å². The SMILES string of the molecule is CC(=O)OCCOC(=O)c1ccccc1.O=C(OCCOC(=O)c1ccccc1)c1ccccc1. The number of hydrogen-bond acceptors (Lipinski definition) is 8. The summed E-state index contributed by atoms with van der Waals surface area (Å²) in [6.07, 6.45) is 0. The summed E-state index contributed by atoms with van der Waals surface area (Å²) >= 11 is 0. The molecule has 3 rings (SSSR count). The molecule has 0 radical (unpaired) electrons. The predicted molar refractivity (Wildman–Crippen MR) is 127 cm³/mol. The maximum absolute atomic E-state index is 11.6. The van der Waals surface area contributed by atoms with Gasteiger partial charge in [-0.2, -0.15) is 0 Å². The van der Waals surface area contributed by atoms with Gasteiger partial charge in [0.25, 0.3) is 0 Å². The standard InChI is InChI=1S/C16H14O4.C11H12O4/c17-15(13-7-3-1-4-8-13)19-11-12-20-16(18)14-9-5-2-6-10-14;1-9(12)14-7-8-15-11(13)10-5-3-2-4-6-10/h1-10H,11-12H2;2-6H,7-8H2,1H3. The molecule has 0 saturated carbocycles. The van der Waals surface area contributed by atoms with Gasteiger partial charge in [-0.05, 0) is 36.4 Å². The van der Waals surface area contributed by atoms with E-state index >= 15 is 0 Å². The Morgan fingerprint density at radius 3 is 0.971 bits per heavy atom. The number of benzene rings is 3. The molecule has 0 saturated heterocycles. The van der Waals surface area contributed by atoms with Gasteiger partial charge in [-0.3, -0.25) is 4.79 Å². The second kappa shape index (κ2) is 15.4. The van der Waals surface area contributed by atoms with Gasteiger partial charge in [0, 0.05) is 6.92 Å². The van der Waals surface area contributed by atoms with Crippen molar-refractivity contribution in [2.24, 2.45) is 0 Å². The molecule has 3 aromatic rings. The van der Waals surface area contributed by atoms with Gasteiger partial charge in [0.05, 0.1) is 16.7 Å². The molecule has 0 N–H and O–H groups in total. The fraction of sp³-hybridized carbons (Fsp3) is 0.185. The largest absolute Gasteiger partial charge is 0.462 e. The zero-order valence-electron chi connectivity index (χ0n) is 19.3. The highest BCUT2D eigenvalue weighted by molar-refractivity contribution is 5.90. The third-order valence-electron chi connectivity index (χ3n) is 4.20. The minimum absolute atomic E-state index is 0.0340. The summed E-state index contributed by atoms with van der Waals surface area (Å²) in [7, 11) is 0. The van der Waals surface area contributed by atoms with Crippen molar-refractivity contribution < 1.29 is 38.1 Å². The van der Waals surface area contributed by atoms with Crippen LogP contribution in [0.3, 0.4) is 0 Å². The number of esters is 4. The number of ether oxygens (including phenoxy) is 4. The smallest absolute Gasteiger partial charge is 0.338 e. The Labute approximate surface area is 203 Å². The van der Waals surface area contributed by atoms with E-state index in [0.29, 0.717) is 16.7 Å².